The molecule has 0 radical (unpaired) electrons. The third kappa shape index (κ3) is 6.57. The second-order valence-corrected chi connectivity index (χ2v) is 9.66. The standard InChI is InChI=1S/C24H21IN6O3S/c25-17-10-12-18(13-11-17)26-16-22-28-29-24(30(22)19-6-2-1-3-7-19)35-15-14-23(32)27-20-8-4-5-9-21(20)31(33)34/h1-13,26H,14-16H2,(H,27,32). The molecule has 3 aromatic carbocycles. The number of nitrogens with one attached hydrogen (secondary N) is 2. The molecule has 0 unspecified atom stereocenters. The predicted molar refractivity (Wildman–Crippen MR) is 145 cm³/mol. The van der Waals surface area contributed by atoms with E-state index < -0.39 is 4.92 Å². The molecule has 178 valence electrons. The zero-order chi connectivity index (χ0) is 24.6. The highest BCUT2D eigenvalue weighted by Crippen LogP contribution is 2.25. The molecule has 2 N–H and O–H groups in total. The van der Waals surface area contributed by atoms with Crippen molar-refractivity contribution < 1.29 is 9.72 Å². The van der Waals surface area contributed by atoms with Gasteiger partial charge in [0.15, 0.2) is 11.0 Å². The number of nitro benzene ring substituents is 1. The molecule has 11 heteroatoms. The maximum absolute atomic E-state index is 12.4. The number of hydrogen-bond donors (Lipinski definition) is 2. The second kappa shape index (κ2) is 11.8. The van der Waals surface area contributed by atoms with Crippen molar-refractivity contribution in [1.29, 1.82) is 0 Å². The Kier molecular flexibility index (Phi) is 8.32. The van der Waals surface area contributed by atoms with Gasteiger partial charge in [-0.3, -0.25) is 19.5 Å². The highest BCUT2D eigenvalue weighted by molar-refractivity contribution is 14.1. The summed E-state index contributed by atoms with van der Waals surface area (Å²) >= 11 is 3.67. The smallest absolute Gasteiger partial charge is 0.292 e. The van der Waals surface area contributed by atoms with Gasteiger partial charge in [-0.2, -0.15) is 0 Å². The zero-order valence-corrected chi connectivity index (χ0v) is 21.4. The largest absolute Gasteiger partial charge is 0.378 e. The number of halogens is 1. The van der Waals surface area contributed by atoms with E-state index in [0.29, 0.717) is 17.5 Å². The number of carbonyl (C=O) groups is 1. The van der Waals surface area contributed by atoms with E-state index in [9.17, 15) is 14.9 Å². The molecule has 4 rings (SSSR count). The summed E-state index contributed by atoms with van der Waals surface area (Å²) in [6.45, 7) is 0.473. The van der Waals surface area contributed by atoms with Crippen LogP contribution in [0.25, 0.3) is 5.69 Å². The van der Waals surface area contributed by atoms with Crippen LogP contribution in [0.3, 0.4) is 0 Å². The number of nitro groups is 1. The van der Waals surface area contributed by atoms with E-state index in [4.69, 9.17) is 0 Å². The van der Waals surface area contributed by atoms with Crippen LogP contribution in [0.15, 0.2) is 84.0 Å². The van der Waals surface area contributed by atoms with Crippen LogP contribution in [-0.4, -0.2) is 31.3 Å². The number of benzene rings is 3. The number of aromatic nitrogens is 3. The Morgan fingerprint density at radius 3 is 2.46 bits per heavy atom. The van der Waals surface area contributed by atoms with Crippen molar-refractivity contribution in [2.24, 2.45) is 0 Å². The molecule has 0 aliphatic rings. The van der Waals surface area contributed by atoms with Crippen molar-refractivity contribution in [2.75, 3.05) is 16.4 Å². The van der Waals surface area contributed by atoms with E-state index in [1.165, 1.54) is 23.9 Å². The van der Waals surface area contributed by atoms with Crippen LogP contribution < -0.4 is 10.6 Å². The number of rotatable bonds is 10. The molecule has 1 aromatic heterocycles. The Bertz CT molecular complexity index is 1310. The molecule has 0 aliphatic carbocycles. The Hall–Kier alpha value is -3.45. The summed E-state index contributed by atoms with van der Waals surface area (Å²) in [5.74, 6) is 0.863. The van der Waals surface area contributed by atoms with Crippen LogP contribution in [-0.2, 0) is 11.3 Å². The monoisotopic (exact) mass is 600 g/mol. The molecule has 0 aliphatic heterocycles. The maximum atomic E-state index is 12.4. The molecule has 9 nitrogen and oxygen atoms in total. The van der Waals surface area contributed by atoms with Crippen molar-refractivity contribution in [3.63, 3.8) is 0 Å². The van der Waals surface area contributed by atoms with Crippen LogP contribution in [0.1, 0.15) is 12.2 Å². The van der Waals surface area contributed by atoms with Crippen molar-refractivity contribution in [2.45, 2.75) is 18.1 Å². The van der Waals surface area contributed by atoms with Crippen LogP contribution in [0.2, 0.25) is 0 Å². The molecule has 0 bridgehead atoms. The van der Waals surface area contributed by atoms with Gasteiger partial charge in [-0.1, -0.05) is 42.1 Å². The number of anilines is 2. The summed E-state index contributed by atoms with van der Waals surface area (Å²) in [7, 11) is 0. The van der Waals surface area contributed by atoms with Gasteiger partial charge in [0, 0.05) is 33.2 Å². The lowest BCUT2D eigenvalue weighted by Gasteiger charge is -2.11. The van der Waals surface area contributed by atoms with Gasteiger partial charge in [0.1, 0.15) is 5.69 Å². The van der Waals surface area contributed by atoms with Crippen molar-refractivity contribution >= 4 is 57.3 Å². The van der Waals surface area contributed by atoms with Gasteiger partial charge in [-0.25, -0.2) is 0 Å². The number of hydrogen-bond acceptors (Lipinski definition) is 7. The topological polar surface area (TPSA) is 115 Å². The molecule has 35 heavy (non-hydrogen) atoms. The summed E-state index contributed by atoms with van der Waals surface area (Å²) in [5.41, 5.74) is 1.95. The lowest BCUT2D eigenvalue weighted by atomic mass is 10.2. The maximum Gasteiger partial charge on any atom is 0.292 e. The number of carbonyl (C=O) groups excluding carboxylic acids is 1. The summed E-state index contributed by atoms with van der Waals surface area (Å²) in [5, 5.41) is 26.5. The van der Waals surface area contributed by atoms with E-state index in [1.54, 1.807) is 12.1 Å². The third-order valence-corrected chi connectivity index (χ3v) is 6.59. The molecule has 0 saturated heterocycles. The minimum atomic E-state index is -0.515. The zero-order valence-electron chi connectivity index (χ0n) is 18.4. The first kappa shape index (κ1) is 24.7. The van der Waals surface area contributed by atoms with Gasteiger partial charge in [0.25, 0.3) is 5.69 Å². The van der Waals surface area contributed by atoms with Crippen molar-refractivity contribution in [1.82, 2.24) is 14.8 Å². The molecule has 0 fully saturated rings. The molecule has 4 aromatic rings. The molecule has 0 saturated carbocycles. The molecule has 1 heterocycles. The SMILES string of the molecule is O=C(CCSc1nnc(CNc2ccc(I)cc2)n1-c1ccccc1)Nc1ccccc1[N+](=O)[O-]. The second-order valence-electron chi connectivity index (χ2n) is 7.35. The van der Waals surface area contributed by atoms with E-state index in [0.717, 1.165) is 20.8 Å². The van der Waals surface area contributed by atoms with Crippen molar-refractivity contribution in [3.8, 4) is 5.69 Å². The summed E-state index contributed by atoms with van der Waals surface area (Å²) in [4.78, 5) is 23.1. The Morgan fingerprint density at radius 1 is 1.00 bits per heavy atom. The molecular formula is C24H21IN6O3S. The van der Waals surface area contributed by atoms with Gasteiger partial charge >= 0.3 is 0 Å². The Balaban J connectivity index is 1.43. The van der Waals surface area contributed by atoms with E-state index >= 15 is 0 Å². The van der Waals surface area contributed by atoms with Gasteiger partial charge in [0.2, 0.25) is 5.91 Å². The van der Waals surface area contributed by atoms with Gasteiger partial charge in [-0.05, 0) is 65.1 Å². The number of nitrogens with zero attached hydrogens (tertiary/aromatic N) is 4. The number of amides is 1. The molecular weight excluding hydrogens is 579 g/mol. The van der Waals surface area contributed by atoms with E-state index in [-0.39, 0.29) is 23.7 Å². The first-order chi connectivity index (χ1) is 17.0. The summed E-state index contributed by atoms with van der Waals surface area (Å²) in [6, 6.07) is 23.9. The van der Waals surface area contributed by atoms with Crippen LogP contribution in [0, 0.1) is 13.7 Å². The van der Waals surface area contributed by atoms with Crippen LogP contribution >= 0.6 is 34.4 Å². The lowest BCUT2D eigenvalue weighted by molar-refractivity contribution is -0.383. The predicted octanol–water partition coefficient (Wildman–Crippen LogP) is 5.51. The average molecular weight is 600 g/mol. The van der Waals surface area contributed by atoms with E-state index in [2.05, 4.69) is 43.4 Å². The average Bonchev–Trinajstić information content (AvgIpc) is 3.27. The first-order valence-electron chi connectivity index (χ1n) is 10.7. The fourth-order valence-electron chi connectivity index (χ4n) is 3.28. The van der Waals surface area contributed by atoms with Gasteiger partial charge in [0.05, 0.1) is 11.5 Å². The van der Waals surface area contributed by atoms with Crippen molar-refractivity contribution in [3.05, 3.63) is 98.4 Å². The Labute approximate surface area is 219 Å². The molecule has 0 spiro atoms. The highest BCUT2D eigenvalue weighted by Gasteiger charge is 2.17. The van der Waals surface area contributed by atoms with E-state index in [1.807, 2.05) is 59.2 Å². The highest BCUT2D eigenvalue weighted by atomic mass is 127. The quantitative estimate of drug-likeness (QED) is 0.107. The fourth-order valence-corrected chi connectivity index (χ4v) is 4.55. The minimum absolute atomic E-state index is 0.136. The summed E-state index contributed by atoms with van der Waals surface area (Å²) in [6.07, 6.45) is 0.161. The minimum Gasteiger partial charge on any atom is -0.378 e. The molecule has 1 amide bonds. The fraction of sp³-hybridized carbons (Fsp3) is 0.125. The van der Waals surface area contributed by atoms with Gasteiger partial charge in [-0.15, -0.1) is 10.2 Å². The van der Waals surface area contributed by atoms with Crippen LogP contribution in [0.4, 0.5) is 17.1 Å². The normalized spacial score (nSPS) is 10.7. The first-order valence-corrected chi connectivity index (χ1v) is 12.7. The van der Waals surface area contributed by atoms with Gasteiger partial charge < -0.3 is 10.6 Å². The lowest BCUT2D eigenvalue weighted by Crippen LogP contribution is -2.13. The molecule has 0 atom stereocenters. The number of thioether (sulfide) groups is 1. The van der Waals surface area contributed by atoms with Crippen LogP contribution in [0.5, 0.6) is 0 Å². The third-order valence-electron chi connectivity index (χ3n) is 4.94. The number of para-hydroxylation sites is 3. The summed E-state index contributed by atoms with van der Waals surface area (Å²) < 4.78 is 3.12. The Morgan fingerprint density at radius 2 is 1.71 bits per heavy atom.